The molecule has 0 saturated heterocycles. The summed E-state index contributed by atoms with van der Waals surface area (Å²) in [5.74, 6) is -0.628. The molecule has 1 aromatic heterocycles. The summed E-state index contributed by atoms with van der Waals surface area (Å²) >= 11 is 0. The summed E-state index contributed by atoms with van der Waals surface area (Å²) < 4.78 is 11.9. The fraction of sp³-hybridized carbons (Fsp3) is 0.556. The van der Waals surface area contributed by atoms with Crippen LogP contribution in [0.2, 0.25) is 0 Å². The van der Waals surface area contributed by atoms with Crippen LogP contribution < -0.4 is 10.6 Å². The molecule has 0 saturated carbocycles. The molecule has 0 spiro atoms. The zero-order valence-electron chi connectivity index (χ0n) is 10.3. The highest BCUT2D eigenvalue weighted by Gasteiger charge is 2.06. The second kappa shape index (κ2) is 7.46. The Labute approximate surface area is 111 Å². The molecule has 0 aliphatic rings. The number of carbonyl (C=O) groups is 2. The quantitative estimate of drug-likeness (QED) is 0.563. The van der Waals surface area contributed by atoms with Gasteiger partial charge in [0, 0.05) is 29.4 Å². The maximum Gasteiger partial charge on any atom is 0.325 e. The molecular formula is C9H15N5O4S. The standard InChI is InChI=1S/C9H15N5O4S/c1-19(18)3-2-10-9(17)11-4-7-5-14(13-12-7)6-8(15)16/h5H,2-4,6H2,1H3,(H,15,16)(H2,10,11,17). The van der Waals surface area contributed by atoms with Crippen LogP contribution >= 0.6 is 0 Å². The fourth-order valence-electron chi connectivity index (χ4n) is 1.18. The maximum absolute atomic E-state index is 11.3. The first-order chi connectivity index (χ1) is 8.97. The van der Waals surface area contributed by atoms with Crippen LogP contribution in [-0.2, 0) is 28.7 Å². The predicted octanol–water partition coefficient (Wildman–Crippen LogP) is -1.46. The van der Waals surface area contributed by atoms with Gasteiger partial charge in [0.25, 0.3) is 0 Å². The normalized spacial score (nSPS) is 11.8. The molecule has 1 unspecified atom stereocenters. The SMILES string of the molecule is CS(=O)CCNC(=O)NCc1cn(CC(=O)O)nn1. The van der Waals surface area contributed by atoms with Crippen LogP contribution in [0.4, 0.5) is 4.79 Å². The van der Waals surface area contributed by atoms with E-state index in [4.69, 9.17) is 5.11 Å². The molecule has 1 rings (SSSR count). The Morgan fingerprint density at radius 1 is 1.47 bits per heavy atom. The average Bonchev–Trinajstić information content (AvgIpc) is 2.72. The third kappa shape index (κ3) is 6.50. The molecule has 19 heavy (non-hydrogen) atoms. The van der Waals surface area contributed by atoms with Gasteiger partial charge in [-0.15, -0.1) is 5.10 Å². The van der Waals surface area contributed by atoms with Gasteiger partial charge in [-0.3, -0.25) is 9.00 Å². The lowest BCUT2D eigenvalue weighted by atomic mass is 10.5. The van der Waals surface area contributed by atoms with Crippen molar-refractivity contribution in [1.29, 1.82) is 0 Å². The molecular weight excluding hydrogens is 274 g/mol. The zero-order chi connectivity index (χ0) is 14.3. The average molecular weight is 289 g/mol. The highest BCUT2D eigenvalue weighted by Crippen LogP contribution is 1.92. The van der Waals surface area contributed by atoms with E-state index >= 15 is 0 Å². The number of hydrogen-bond donors (Lipinski definition) is 3. The van der Waals surface area contributed by atoms with E-state index in [0.717, 1.165) is 4.68 Å². The van der Waals surface area contributed by atoms with Crippen molar-refractivity contribution in [3.63, 3.8) is 0 Å². The summed E-state index contributed by atoms with van der Waals surface area (Å²) in [5.41, 5.74) is 0.454. The minimum atomic E-state index is -1.02. The summed E-state index contributed by atoms with van der Waals surface area (Å²) in [6, 6.07) is -0.404. The number of nitrogens with zero attached hydrogens (tertiary/aromatic N) is 3. The van der Waals surface area contributed by atoms with Crippen molar-refractivity contribution in [3.05, 3.63) is 11.9 Å². The van der Waals surface area contributed by atoms with Crippen molar-refractivity contribution in [1.82, 2.24) is 25.6 Å². The van der Waals surface area contributed by atoms with Gasteiger partial charge in [-0.25, -0.2) is 9.48 Å². The molecule has 0 radical (unpaired) electrons. The van der Waals surface area contributed by atoms with Crippen LogP contribution in [0.25, 0.3) is 0 Å². The molecule has 0 aliphatic heterocycles. The van der Waals surface area contributed by atoms with Gasteiger partial charge in [0.05, 0.1) is 12.7 Å². The summed E-state index contributed by atoms with van der Waals surface area (Å²) in [4.78, 5) is 21.7. The number of aromatic nitrogens is 3. The number of rotatable bonds is 7. The van der Waals surface area contributed by atoms with Gasteiger partial charge in [0.2, 0.25) is 0 Å². The van der Waals surface area contributed by atoms with Gasteiger partial charge < -0.3 is 15.7 Å². The molecule has 3 N–H and O–H groups in total. The van der Waals surface area contributed by atoms with Gasteiger partial charge in [0.1, 0.15) is 12.2 Å². The molecule has 0 aliphatic carbocycles. The van der Waals surface area contributed by atoms with E-state index < -0.39 is 22.8 Å². The topological polar surface area (TPSA) is 126 Å². The van der Waals surface area contributed by atoms with Crippen LogP contribution in [-0.4, -0.2) is 54.9 Å². The molecule has 0 aromatic carbocycles. The molecule has 1 aromatic rings. The molecule has 0 bridgehead atoms. The Morgan fingerprint density at radius 3 is 2.84 bits per heavy atom. The number of aliphatic carboxylic acids is 1. The van der Waals surface area contributed by atoms with Gasteiger partial charge >= 0.3 is 12.0 Å². The first-order valence-electron chi connectivity index (χ1n) is 5.40. The fourth-order valence-corrected chi connectivity index (χ4v) is 1.57. The first kappa shape index (κ1) is 15.1. The monoisotopic (exact) mass is 289 g/mol. The Morgan fingerprint density at radius 2 is 2.21 bits per heavy atom. The van der Waals surface area contributed by atoms with E-state index in [0.29, 0.717) is 18.0 Å². The largest absolute Gasteiger partial charge is 0.480 e. The molecule has 106 valence electrons. The molecule has 1 heterocycles. The maximum atomic E-state index is 11.3. The number of nitrogens with one attached hydrogen (secondary N) is 2. The zero-order valence-corrected chi connectivity index (χ0v) is 11.1. The lowest BCUT2D eigenvalue weighted by Crippen LogP contribution is -2.37. The summed E-state index contributed by atoms with van der Waals surface area (Å²) in [5, 5.41) is 20.9. The van der Waals surface area contributed by atoms with E-state index in [-0.39, 0.29) is 13.1 Å². The highest BCUT2D eigenvalue weighted by molar-refractivity contribution is 7.84. The Balaban J connectivity index is 2.28. The molecule has 9 nitrogen and oxygen atoms in total. The Bertz CT molecular complexity index is 475. The number of amides is 2. The minimum Gasteiger partial charge on any atom is -0.480 e. The number of carbonyl (C=O) groups excluding carboxylic acids is 1. The van der Waals surface area contributed by atoms with Crippen LogP contribution in [0.5, 0.6) is 0 Å². The van der Waals surface area contributed by atoms with Crippen molar-refractivity contribution in [2.24, 2.45) is 0 Å². The molecule has 2 amide bonds. The second-order valence-electron chi connectivity index (χ2n) is 3.69. The third-order valence-electron chi connectivity index (χ3n) is 1.99. The third-order valence-corrected chi connectivity index (χ3v) is 2.77. The van der Waals surface area contributed by atoms with Gasteiger partial charge in [-0.1, -0.05) is 5.21 Å². The Hall–Kier alpha value is -1.97. The van der Waals surface area contributed by atoms with E-state index in [1.807, 2.05) is 0 Å². The number of hydrogen-bond acceptors (Lipinski definition) is 5. The van der Waals surface area contributed by atoms with Gasteiger partial charge in [0.15, 0.2) is 0 Å². The first-order valence-corrected chi connectivity index (χ1v) is 7.12. The predicted molar refractivity (Wildman–Crippen MR) is 66.8 cm³/mol. The highest BCUT2D eigenvalue weighted by atomic mass is 32.2. The van der Waals surface area contributed by atoms with Crippen LogP contribution in [0.3, 0.4) is 0 Å². The van der Waals surface area contributed by atoms with E-state index in [1.54, 1.807) is 6.26 Å². The van der Waals surface area contributed by atoms with Crippen LogP contribution in [0.1, 0.15) is 5.69 Å². The van der Waals surface area contributed by atoms with Crippen molar-refractivity contribution in [2.75, 3.05) is 18.6 Å². The number of carboxylic acid groups (broad SMARTS) is 1. The van der Waals surface area contributed by atoms with Crippen molar-refractivity contribution < 1.29 is 18.9 Å². The number of carboxylic acids is 1. The summed E-state index contributed by atoms with van der Waals surface area (Å²) in [6.45, 7) is 0.183. The molecule has 10 heteroatoms. The molecule has 1 atom stereocenters. The smallest absolute Gasteiger partial charge is 0.325 e. The van der Waals surface area contributed by atoms with Crippen molar-refractivity contribution in [2.45, 2.75) is 13.1 Å². The lowest BCUT2D eigenvalue weighted by molar-refractivity contribution is -0.137. The van der Waals surface area contributed by atoms with Gasteiger partial charge in [-0.05, 0) is 0 Å². The number of urea groups is 1. The summed E-state index contributed by atoms with van der Waals surface area (Å²) in [6.07, 6.45) is 3.00. The van der Waals surface area contributed by atoms with Crippen LogP contribution in [0, 0.1) is 0 Å². The molecule has 0 fully saturated rings. The van der Waals surface area contributed by atoms with E-state index in [1.165, 1.54) is 6.20 Å². The lowest BCUT2D eigenvalue weighted by Gasteiger charge is -2.04. The Kier molecular flexibility index (Phi) is 5.93. The van der Waals surface area contributed by atoms with Crippen molar-refractivity contribution >= 4 is 22.8 Å². The van der Waals surface area contributed by atoms with Gasteiger partial charge in [-0.2, -0.15) is 0 Å². The van der Waals surface area contributed by atoms with E-state index in [2.05, 4.69) is 20.9 Å². The minimum absolute atomic E-state index is 0.140. The second-order valence-corrected chi connectivity index (χ2v) is 5.24. The van der Waals surface area contributed by atoms with Crippen molar-refractivity contribution in [3.8, 4) is 0 Å². The summed E-state index contributed by atoms with van der Waals surface area (Å²) in [7, 11) is -0.948. The van der Waals surface area contributed by atoms with Crippen LogP contribution in [0.15, 0.2) is 6.20 Å². The van der Waals surface area contributed by atoms with E-state index in [9.17, 15) is 13.8 Å².